The van der Waals surface area contributed by atoms with Gasteiger partial charge in [0.25, 0.3) is 5.91 Å². The van der Waals surface area contributed by atoms with Gasteiger partial charge >= 0.3 is 0 Å². The number of carbonyl (C=O) groups excluding carboxylic acids is 1. The zero-order chi connectivity index (χ0) is 13.8. The summed E-state index contributed by atoms with van der Waals surface area (Å²) in [6.45, 7) is 1.55. The molecule has 1 aromatic rings. The Balaban J connectivity index is 2.10. The lowest BCUT2D eigenvalue weighted by Gasteiger charge is -2.32. The van der Waals surface area contributed by atoms with E-state index in [2.05, 4.69) is 0 Å². The van der Waals surface area contributed by atoms with Crippen molar-refractivity contribution in [3.8, 4) is 0 Å². The molecule has 19 heavy (non-hydrogen) atoms. The molecule has 1 unspecified atom stereocenters. The van der Waals surface area contributed by atoms with Gasteiger partial charge in [-0.25, -0.2) is 4.39 Å². The minimum absolute atomic E-state index is 0.00340. The number of halogens is 3. The molecule has 1 amide bonds. The molecular weight excluding hydrogens is 380 g/mol. The molecule has 0 spiro atoms. The van der Waals surface area contributed by atoms with Crippen molar-refractivity contribution in [3.63, 3.8) is 0 Å². The summed E-state index contributed by atoms with van der Waals surface area (Å²) in [5.41, 5.74) is 0.591. The summed E-state index contributed by atoms with van der Waals surface area (Å²) >= 11 is 7.79. The van der Waals surface area contributed by atoms with Crippen molar-refractivity contribution in [2.24, 2.45) is 5.92 Å². The van der Waals surface area contributed by atoms with Crippen LogP contribution in [0.4, 0.5) is 4.39 Å². The van der Waals surface area contributed by atoms with Crippen LogP contribution in [-0.4, -0.2) is 29.8 Å². The van der Waals surface area contributed by atoms with E-state index in [9.17, 15) is 9.18 Å². The number of carbonyl (C=O) groups is 1. The van der Waals surface area contributed by atoms with Crippen LogP contribution in [0.3, 0.4) is 0 Å². The van der Waals surface area contributed by atoms with Gasteiger partial charge in [-0.15, -0.1) is 11.6 Å². The van der Waals surface area contributed by atoms with Crippen LogP contribution >= 0.6 is 34.2 Å². The molecule has 1 aromatic carbocycles. The average molecular weight is 396 g/mol. The lowest BCUT2D eigenvalue weighted by atomic mass is 9.95. The van der Waals surface area contributed by atoms with Crippen molar-refractivity contribution in [1.82, 2.24) is 4.90 Å². The van der Waals surface area contributed by atoms with Crippen molar-refractivity contribution in [2.75, 3.05) is 19.0 Å². The van der Waals surface area contributed by atoms with Gasteiger partial charge in [0.2, 0.25) is 0 Å². The second-order valence-corrected chi connectivity index (χ2v) is 6.40. The Bertz CT molecular complexity index is 467. The van der Waals surface area contributed by atoms with Crippen molar-refractivity contribution in [2.45, 2.75) is 19.3 Å². The Morgan fingerprint density at radius 1 is 1.53 bits per heavy atom. The summed E-state index contributed by atoms with van der Waals surface area (Å²) in [5.74, 6) is 0.831. The lowest BCUT2D eigenvalue weighted by molar-refractivity contribution is 0.0670. The fourth-order valence-corrected chi connectivity index (χ4v) is 3.49. The number of hydrogen-bond acceptors (Lipinski definition) is 1. The first-order chi connectivity index (χ1) is 9.11. The number of nitrogens with zero attached hydrogens (tertiary/aromatic N) is 1. The van der Waals surface area contributed by atoms with Gasteiger partial charge in [-0.1, -0.05) is 0 Å². The van der Waals surface area contributed by atoms with E-state index in [0.29, 0.717) is 20.9 Å². The van der Waals surface area contributed by atoms with Crippen LogP contribution in [0.1, 0.15) is 29.6 Å². The summed E-state index contributed by atoms with van der Waals surface area (Å²) in [6.07, 6.45) is 3.11. The molecular formula is C14H16ClFINO. The molecule has 1 atom stereocenters. The van der Waals surface area contributed by atoms with Gasteiger partial charge in [0.15, 0.2) is 0 Å². The Kier molecular flexibility index (Phi) is 5.45. The van der Waals surface area contributed by atoms with Crippen LogP contribution in [0.25, 0.3) is 0 Å². The first-order valence-electron chi connectivity index (χ1n) is 6.42. The molecule has 1 heterocycles. The van der Waals surface area contributed by atoms with E-state index in [1.54, 1.807) is 6.07 Å². The molecule has 1 saturated heterocycles. The number of amides is 1. The van der Waals surface area contributed by atoms with Gasteiger partial charge in [0, 0.05) is 22.5 Å². The molecule has 1 fully saturated rings. The predicted octanol–water partition coefficient (Wildman–Crippen LogP) is 3.91. The van der Waals surface area contributed by atoms with Crippen LogP contribution < -0.4 is 0 Å². The maximum atomic E-state index is 13.1. The second kappa shape index (κ2) is 6.88. The quantitative estimate of drug-likeness (QED) is 0.561. The highest BCUT2D eigenvalue weighted by Crippen LogP contribution is 2.23. The maximum Gasteiger partial charge on any atom is 0.254 e. The van der Waals surface area contributed by atoms with E-state index in [1.807, 2.05) is 27.5 Å². The van der Waals surface area contributed by atoms with Crippen molar-refractivity contribution < 1.29 is 9.18 Å². The number of benzene rings is 1. The van der Waals surface area contributed by atoms with Crippen LogP contribution in [0.5, 0.6) is 0 Å². The lowest BCUT2D eigenvalue weighted by Crippen LogP contribution is -2.40. The van der Waals surface area contributed by atoms with Crippen LogP contribution in [0, 0.1) is 15.3 Å². The summed E-state index contributed by atoms with van der Waals surface area (Å²) in [7, 11) is 0. The highest BCUT2D eigenvalue weighted by atomic mass is 127. The summed E-state index contributed by atoms with van der Waals surface area (Å²) in [4.78, 5) is 14.3. The number of piperidine rings is 1. The van der Waals surface area contributed by atoms with Gasteiger partial charge in [-0.2, -0.15) is 0 Å². The molecule has 0 saturated carbocycles. The van der Waals surface area contributed by atoms with Crippen LogP contribution in [0.15, 0.2) is 18.2 Å². The summed E-state index contributed by atoms with van der Waals surface area (Å²) in [5, 5.41) is 0. The molecule has 2 rings (SSSR count). The molecule has 0 aliphatic carbocycles. The Morgan fingerprint density at radius 2 is 2.32 bits per heavy atom. The molecule has 0 bridgehead atoms. The molecule has 2 nitrogen and oxygen atoms in total. The van der Waals surface area contributed by atoms with Crippen LogP contribution in [-0.2, 0) is 0 Å². The van der Waals surface area contributed by atoms with Gasteiger partial charge in [0.1, 0.15) is 5.82 Å². The SMILES string of the molecule is O=C(c1ccc(F)cc1I)N1CCCC(CCCl)C1. The minimum atomic E-state index is -0.306. The van der Waals surface area contributed by atoms with E-state index >= 15 is 0 Å². The Morgan fingerprint density at radius 3 is 3.00 bits per heavy atom. The van der Waals surface area contributed by atoms with Crippen molar-refractivity contribution >= 4 is 40.1 Å². The maximum absolute atomic E-state index is 13.1. The largest absolute Gasteiger partial charge is 0.338 e. The van der Waals surface area contributed by atoms with E-state index in [4.69, 9.17) is 11.6 Å². The third-order valence-corrected chi connectivity index (χ3v) is 4.60. The summed E-state index contributed by atoms with van der Waals surface area (Å²) in [6, 6.07) is 4.31. The number of alkyl halides is 1. The molecule has 0 aromatic heterocycles. The van der Waals surface area contributed by atoms with E-state index in [-0.39, 0.29) is 11.7 Å². The molecule has 0 radical (unpaired) electrons. The highest BCUT2D eigenvalue weighted by molar-refractivity contribution is 14.1. The fraction of sp³-hybridized carbons (Fsp3) is 0.500. The zero-order valence-electron chi connectivity index (χ0n) is 10.5. The van der Waals surface area contributed by atoms with Crippen molar-refractivity contribution in [1.29, 1.82) is 0 Å². The Labute approximate surface area is 131 Å². The number of hydrogen-bond donors (Lipinski definition) is 0. The third kappa shape index (κ3) is 3.81. The average Bonchev–Trinajstić information content (AvgIpc) is 2.39. The second-order valence-electron chi connectivity index (χ2n) is 4.86. The zero-order valence-corrected chi connectivity index (χ0v) is 13.5. The monoisotopic (exact) mass is 395 g/mol. The molecule has 1 aliphatic rings. The normalized spacial score (nSPS) is 19.5. The highest BCUT2D eigenvalue weighted by Gasteiger charge is 2.25. The van der Waals surface area contributed by atoms with Gasteiger partial charge in [0.05, 0.1) is 5.56 Å². The Hall–Kier alpha value is -0.360. The van der Waals surface area contributed by atoms with E-state index < -0.39 is 0 Å². The third-order valence-electron chi connectivity index (χ3n) is 3.49. The number of rotatable bonds is 3. The minimum Gasteiger partial charge on any atom is -0.338 e. The predicted molar refractivity (Wildman–Crippen MR) is 83.1 cm³/mol. The van der Waals surface area contributed by atoms with Gasteiger partial charge < -0.3 is 4.90 Å². The first kappa shape index (κ1) is 15.0. The van der Waals surface area contributed by atoms with Crippen molar-refractivity contribution in [3.05, 3.63) is 33.1 Å². The molecule has 1 aliphatic heterocycles. The molecule has 5 heteroatoms. The fourth-order valence-electron chi connectivity index (χ4n) is 2.47. The van der Waals surface area contributed by atoms with Gasteiger partial charge in [-0.05, 0) is 66.0 Å². The van der Waals surface area contributed by atoms with E-state index in [1.165, 1.54) is 12.1 Å². The molecule has 104 valence electrons. The van der Waals surface area contributed by atoms with E-state index in [0.717, 1.165) is 32.4 Å². The topological polar surface area (TPSA) is 20.3 Å². The smallest absolute Gasteiger partial charge is 0.254 e. The number of likely N-dealkylation sites (tertiary alicyclic amines) is 1. The summed E-state index contributed by atoms with van der Waals surface area (Å²) < 4.78 is 13.7. The van der Waals surface area contributed by atoms with Crippen LogP contribution in [0.2, 0.25) is 0 Å². The van der Waals surface area contributed by atoms with Gasteiger partial charge in [-0.3, -0.25) is 4.79 Å². The standard InChI is InChI=1S/C14H16ClFINO/c15-6-5-10-2-1-7-18(9-10)14(19)12-4-3-11(16)8-13(12)17/h3-4,8,10H,1-2,5-7,9H2. The first-order valence-corrected chi connectivity index (χ1v) is 8.03. The molecule has 0 N–H and O–H groups in total.